The van der Waals surface area contributed by atoms with Gasteiger partial charge in [0.05, 0.1) is 6.61 Å². The van der Waals surface area contributed by atoms with Gasteiger partial charge < -0.3 is 15.4 Å². The quantitative estimate of drug-likeness (QED) is 0.851. The third kappa shape index (κ3) is 4.47. The predicted molar refractivity (Wildman–Crippen MR) is 89.0 cm³/mol. The Morgan fingerprint density at radius 1 is 1.36 bits per heavy atom. The summed E-state index contributed by atoms with van der Waals surface area (Å²) in [4.78, 5) is 14.2. The van der Waals surface area contributed by atoms with Gasteiger partial charge in [-0.25, -0.2) is 0 Å². The van der Waals surface area contributed by atoms with Gasteiger partial charge in [0, 0.05) is 25.0 Å². The number of nitrogens with zero attached hydrogens (tertiary/aromatic N) is 1. The molecule has 0 unspecified atom stereocenters. The molecule has 1 heterocycles. The number of carbonyl (C=O) groups excluding carboxylic acids is 1. The second kappa shape index (κ2) is 7.63. The van der Waals surface area contributed by atoms with Gasteiger partial charge in [-0.1, -0.05) is 6.07 Å². The molecule has 1 saturated heterocycles. The summed E-state index contributed by atoms with van der Waals surface area (Å²) in [5, 5.41) is 0. The van der Waals surface area contributed by atoms with E-state index in [2.05, 4.69) is 26.8 Å². The number of rotatable bonds is 5. The van der Waals surface area contributed by atoms with Crippen molar-refractivity contribution < 1.29 is 9.53 Å². The van der Waals surface area contributed by atoms with E-state index in [1.165, 1.54) is 11.1 Å². The average molecular weight is 304 g/mol. The number of nitrogens with two attached hydrogens (primary N) is 1. The third-order valence-electron chi connectivity index (χ3n) is 4.52. The van der Waals surface area contributed by atoms with Gasteiger partial charge in [-0.2, -0.15) is 0 Å². The maximum atomic E-state index is 12.3. The van der Waals surface area contributed by atoms with Crippen LogP contribution in [-0.2, 0) is 4.79 Å². The van der Waals surface area contributed by atoms with E-state index in [0.29, 0.717) is 13.0 Å². The summed E-state index contributed by atoms with van der Waals surface area (Å²) < 4.78 is 5.73. The predicted octanol–water partition coefficient (Wildman–Crippen LogP) is 2.80. The molecular formula is C18H28N2O2. The first-order chi connectivity index (χ1) is 10.5. The molecule has 22 heavy (non-hydrogen) atoms. The molecule has 4 nitrogen and oxygen atoms in total. The Hall–Kier alpha value is -1.55. The van der Waals surface area contributed by atoms with Crippen molar-refractivity contribution in [3.63, 3.8) is 0 Å². The van der Waals surface area contributed by atoms with Crippen LogP contribution < -0.4 is 10.5 Å². The fourth-order valence-electron chi connectivity index (χ4n) is 2.94. The first-order valence-corrected chi connectivity index (χ1v) is 8.22. The lowest BCUT2D eigenvalue weighted by atomic mass is 9.98. The molecule has 1 aliphatic rings. The van der Waals surface area contributed by atoms with E-state index in [1.807, 2.05) is 17.0 Å². The van der Waals surface area contributed by atoms with Gasteiger partial charge >= 0.3 is 0 Å². The number of benzene rings is 1. The third-order valence-corrected chi connectivity index (χ3v) is 4.52. The molecule has 0 spiro atoms. The van der Waals surface area contributed by atoms with Crippen molar-refractivity contribution in [3.8, 4) is 5.75 Å². The molecule has 1 aliphatic heterocycles. The fourth-order valence-corrected chi connectivity index (χ4v) is 2.94. The molecule has 1 amide bonds. The maximum absolute atomic E-state index is 12.3. The average Bonchev–Trinajstić information content (AvgIpc) is 2.47. The summed E-state index contributed by atoms with van der Waals surface area (Å²) in [6.45, 7) is 7.62. The van der Waals surface area contributed by atoms with E-state index in [4.69, 9.17) is 10.5 Å². The highest BCUT2D eigenvalue weighted by atomic mass is 16.5. The van der Waals surface area contributed by atoms with Crippen molar-refractivity contribution in [2.75, 3.05) is 13.2 Å². The van der Waals surface area contributed by atoms with Crippen LogP contribution in [0.1, 0.15) is 43.7 Å². The summed E-state index contributed by atoms with van der Waals surface area (Å²) in [6, 6.07) is 6.60. The van der Waals surface area contributed by atoms with Gasteiger partial charge in [0.15, 0.2) is 0 Å². The molecule has 4 heteroatoms. The normalized spacial score (nSPS) is 21.7. The number of aryl methyl sites for hydroxylation is 2. The highest BCUT2D eigenvalue weighted by Crippen LogP contribution is 2.18. The molecule has 0 radical (unpaired) electrons. The van der Waals surface area contributed by atoms with Crippen molar-refractivity contribution in [2.24, 2.45) is 5.73 Å². The molecule has 122 valence electrons. The van der Waals surface area contributed by atoms with Gasteiger partial charge in [0.1, 0.15) is 5.75 Å². The monoisotopic (exact) mass is 304 g/mol. The SMILES string of the molecule is Cc1ccc(OCCCC(=O)N2CC[C@H](N)C[C@H]2C)cc1C. The van der Waals surface area contributed by atoms with Gasteiger partial charge in [0.25, 0.3) is 0 Å². The van der Waals surface area contributed by atoms with Gasteiger partial charge in [0.2, 0.25) is 5.91 Å². The van der Waals surface area contributed by atoms with Crippen molar-refractivity contribution in [1.82, 2.24) is 4.90 Å². The maximum Gasteiger partial charge on any atom is 0.222 e. The molecule has 1 aromatic rings. The number of amides is 1. The van der Waals surface area contributed by atoms with Gasteiger partial charge in [-0.3, -0.25) is 4.79 Å². The summed E-state index contributed by atoms with van der Waals surface area (Å²) in [5.74, 6) is 1.11. The minimum Gasteiger partial charge on any atom is -0.494 e. The number of likely N-dealkylation sites (tertiary alicyclic amines) is 1. The second-order valence-corrected chi connectivity index (χ2v) is 6.42. The topological polar surface area (TPSA) is 55.6 Å². The number of hydrogen-bond acceptors (Lipinski definition) is 3. The molecule has 2 atom stereocenters. The zero-order valence-corrected chi connectivity index (χ0v) is 14.0. The van der Waals surface area contributed by atoms with E-state index < -0.39 is 0 Å². The summed E-state index contributed by atoms with van der Waals surface area (Å²) in [7, 11) is 0. The number of piperidine rings is 1. The van der Waals surface area contributed by atoms with Crippen LogP contribution >= 0.6 is 0 Å². The molecule has 0 saturated carbocycles. The summed E-state index contributed by atoms with van der Waals surface area (Å²) >= 11 is 0. The molecule has 2 rings (SSSR count). The Kier molecular flexibility index (Phi) is 5.83. The zero-order valence-electron chi connectivity index (χ0n) is 14.0. The minimum atomic E-state index is 0.225. The van der Waals surface area contributed by atoms with E-state index >= 15 is 0 Å². The molecule has 1 fully saturated rings. The molecule has 1 aromatic carbocycles. The smallest absolute Gasteiger partial charge is 0.222 e. The van der Waals surface area contributed by atoms with Crippen LogP contribution in [0.3, 0.4) is 0 Å². The highest BCUT2D eigenvalue weighted by Gasteiger charge is 2.26. The standard InChI is InChI=1S/C18H28N2O2/c1-13-6-7-17(11-14(13)2)22-10-4-5-18(21)20-9-8-16(19)12-15(20)3/h6-7,11,15-16H,4-5,8-10,12,19H2,1-3H3/t15-,16+/m1/s1. The van der Waals surface area contributed by atoms with Gasteiger partial charge in [-0.15, -0.1) is 0 Å². The molecule has 0 aromatic heterocycles. The molecule has 2 N–H and O–H groups in total. The van der Waals surface area contributed by atoms with Crippen LogP contribution in [-0.4, -0.2) is 36.0 Å². The van der Waals surface area contributed by atoms with Crippen LogP contribution in [0.2, 0.25) is 0 Å². The van der Waals surface area contributed by atoms with Crippen molar-refractivity contribution in [3.05, 3.63) is 29.3 Å². The largest absolute Gasteiger partial charge is 0.494 e. The van der Waals surface area contributed by atoms with Crippen LogP contribution in [0.4, 0.5) is 0 Å². The van der Waals surface area contributed by atoms with Crippen molar-refractivity contribution in [1.29, 1.82) is 0 Å². The number of carbonyl (C=O) groups is 1. The molecule has 0 aliphatic carbocycles. The fraction of sp³-hybridized carbons (Fsp3) is 0.611. The van der Waals surface area contributed by atoms with Crippen molar-refractivity contribution >= 4 is 5.91 Å². The van der Waals surface area contributed by atoms with E-state index in [-0.39, 0.29) is 18.0 Å². The summed E-state index contributed by atoms with van der Waals surface area (Å²) in [6.07, 6.45) is 3.12. The minimum absolute atomic E-state index is 0.225. The Morgan fingerprint density at radius 3 is 2.82 bits per heavy atom. The van der Waals surface area contributed by atoms with Crippen LogP contribution in [0.25, 0.3) is 0 Å². The van der Waals surface area contributed by atoms with Crippen molar-refractivity contribution in [2.45, 2.75) is 58.5 Å². The lowest BCUT2D eigenvalue weighted by Crippen LogP contribution is -2.48. The highest BCUT2D eigenvalue weighted by molar-refractivity contribution is 5.76. The first-order valence-electron chi connectivity index (χ1n) is 8.22. The zero-order chi connectivity index (χ0) is 16.1. The van der Waals surface area contributed by atoms with Crippen LogP contribution in [0, 0.1) is 13.8 Å². The van der Waals surface area contributed by atoms with E-state index in [9.17, 15) is 4.79 Å². The van der Waals surface area contributed by atoms with E-state index in [0.717, 1.165) is 31.6 Å². The Bertz CT molecular complexity index is 516. The van der Waals surface area contributed by atoms with Crippen LogP contribution in [0.15, 0.2) is 18.2 Å². The molecular weight excluding hydrogens is 276 g/mol. The first kappa shape index (κ1) is 16.8. The Labute approximate surface area is 133 Å². The number of hydrogen-bond donors (Lipinski definition) is 1. The van der Waals surface area contributed by atoms with Crippen LogP contribution in [0.5, 0.6) is 5.75 Å². The molecule has 0 bridgehead atoms. The Morgan fingerprint density at radius 2 is 2.14 bits per heavy atom. The van der Waals surface area contributed by atoms with Gasteiger partial charge in [-0.05, 0) is 63.3 Å². The lowest BCUT2D eigenvalue weighted by Gasteiger charge is -2.36. The Balaban J connectivity index is 1.72. The lowest BCUT2D eigenvalue weighted by molar-refractivity contribution is -0.134. The summed E-state index contributed by atoms with van der Waals surface area (Å²) in [5.41, 5.74) is 8.43. The number of ether oxygens (including phenoxy) is 1. The second-order valence-electron chi connectivity index (χ2n) is 6.42. The van der Waals surface area contributed by atoms with E-state index in [1.54, 1.807) is 0 Å².